The van der Waals surface area contributed by atoms with Crippen LogP contribution in [0.3, 0.4) is 0 Å². The van der Waals surface area contributed by atoms with Crippen LogP contribution in [-0.2, 0) is 4.74 Å². The van der Waals surface area contributed by atoms with E-state index in [0.717, 1.165) is 42.1 Å². The summed E-state index contributed by atoms with van der Waals surface area (Å²) < 4.78 is 5.44. The maximum atomic E-state index is 5.44. The molecule has 0 aromatic carbocycles. The van der Waals surface area contributed by atoms with E-state index >= 15 is 0 Å². The molecule has 1 fully saturated rings. The van der Waals surface area contributed by atoms with Gasteiger partial charge in [-0.15, -0.1) is 11.3 Å². The number of anilines is 2. The second kappa shape index (κ2) is 4.94. The van der Waals surface area contributed by atoms with Gasteiger partial charge in [-0.2, -0.15) is 4.98 Å². The Morgan fingerprint density at radius 3 is 2.84 bits per heavy atom. The fraction of sp³-hybridized carbons (Fsp3) is 0.538. The Morgan fingerprint density at radius 2 is 2.11 bits per heavy atom. The van der Waals surface area contributed by atoms with Crippen LogP contribution in [0.1, 0.15) is 19.8 Å². The monoisotopic (exact) mass is 278 g/mol. The van der Waals surface area contributed by atoms with E-state index in [-0.39, 0.29) is 5.54 Å². The van der Waals surface area contributed by atoms with Gasteiger partial charge in [0.15, 0.2) is 0 Å². The Balaban J connectivity index is 1.96. The summed E-state index contributed by atoms with van der Waals surface area (Å²) in [6, 6.07) is 2.07. The first kappa shape index (κ1) is 12.6. The third kappa shape index (κ3) is 2.50. The van der Waals surface area contributed by atoms with Gasteiger partial charge in [-0.05, 0) is 31.2 Å². The van der Waals surface area contributed by atoms with Gasteiger partial charge < -0.3 is 15.4 Å². The van der Waals surface area contributed by atoms with Crippen molar-refractivity contribution in [3.63, 3.8) is 0 Å². The third-order valence-corrected chi connectivity index (χ3v) is 4.37. The molecule has 5 nitrogen and oxygen atoms in total. The second-order valence-electron chi connectivity index (χ2n) is 5.08. The number of hydrogen-bond donors (Lipinski definition) is 2. The Labute approximate surface area is 116 Å². The van der Waals surface area contributed by atoms with E-state index < -0.39 is 0 Å². The minimum Gasteiger partial charge on any atom is -0.381 e. The largest absolute Gasteiger partial charge is 0.381 e. The van der Waals surface area contributed by atoms with Crippen LogP contribution in [0.4, 0.5) is 11.8 Å². The fourth-order valence-corrected chi connectivity index (χ4v) is 3.06. The van der Waals surface area contributed by atoms with E-state index in [1.54, 1.807) is 11.3 Å². The lowest BCUT2D eigenvalue weighted by Crippen LogP contribution is -2.41. The summed E-state index contributed by atoms with van der Waals surface area (Å²) in [5, 5.41) is 9.76. The van der Waals surface area contributed by atoms with Gasteiger partial charge in [-0.3, -0.25) is 0 Å². The molecule has 2 aromatic rings. The molecule has 0 unspecified atom stereocenters. The SMILES string of the molecule is CNc1nc(NC2(C)CCOCC2)c2ccsc2n1. The van der Waals surface area contributed by atoms with Gasteiger partial charge in [0.25, 0.3) is 0 Å². The molecule has 102 valence electrons. The molecule has 19 heavy (non-hydrogen) atoms. The summed E-state index contributed by atoms with van der Waals surface area (Å²) in [5.41, 5.74) is 0.0481. The molecule has 1 saturated heterocycles. The normalized spacial score (nSPS) is 18.4. The number of ether oxygens (including phenoxy) is 1. The molecular weight excluding hydrogens is 260 g/mol. The molecule has 3 heterocycles. The zero-order chi connectivity index (χ0) is 13.3. The van der Waals surface area contributed by atoms with Crippen molar-refractivity contribution in [2.24, 2.45) is 0 Å². The number of thiophene rings is 1. The van der Waals surface area contributed by atoms with E-state index in [1.807, 2.05) is 7.05 Å². The Kier molecular flexibility index (Phi) is 3.28. The average Bonchev–Trinajstić information content (AvgIpc) is 2.87. The number of nitrogens with zero attached hydrogens (tertiary/aromatic N) is 2. The Morgan fingerprint density at radius 1 is 1.32 bits per heavy atom. The molecule has 0 radical (unpaired) electrons. The minimum absolute atomic E-state index is 0.0481. The molecule has 6 heteroatoms. The molecule has 2 N–H and O–H groups in total. The van der Waals surface area contributed by atoms with Crippen LogP contribution in [0.5, 0.6) is 0 Å². The van der Waals surface area contributed by atoms with Crippen molar-refractivity contribution in [2.75, 3.05) is 30.9 Å². The van der Waals surface area contributed by atoms with Gasteiger partial charge in [0.05, 0.1) is 5.39 Å². The predicted molar refractivity (Wildman–Crippen MR) is 79.0 cm³/mol. The van der Waals surface area contributed by atoms with E-state index in [2.05, 4.69) is 39.0 Å². The zero-order valence-corrected chi connectivity index (χ0v) is 12.0. The topological polar surface area (TPSA) is 59.1 Å². The summed E-state index contributed by atoms with van der Waals surface area (Å²) in [5.74, 6) is 1.58. The molecule has 1 aliphatic rings. The fourth-order valence-electron chi connectivity index (χ4n) is 2.30. The molecule has 0 saturated carbocycles. The van der Waals surface area contributed by atoms with Crippen LogP contribution in [0.2, 0.25) is 0 Å². The van der Waals surface area contributed by atoms with E-state index in [4.69, 9.17) is 4.74 Å². The van der Waals surface area contributed by atoms with E-state index in [0.29, 0.717) is 5.95 Å². The molecule has 0 atom stereocenters. The van der Waals surface area contributed by atoms with E-state index in [1.165, 1.54) is 0 Å². The van der Waals surface area contributed by atoms with Crippen molar-refractivity contribution >= 4 is 33.3 Å². The molecule has 0 aliphatic carbocycles. The maximum absolute atomic E-state index is 5.44. The van der Waals surface area contributed by atoms with Gasteiger partial charge in [0, 0.05) is 25.8 Å². The molecule has 1 aliphatic heterocycles. The quantitative estimate of drug-likeness (QED) is 0.904. The Hall–Kier alpha value is -1.40. The second-order valence-corrected chi connectivity index (χ2v) is 5.98. The molecule has 3 rings (SSSR count). The average molecular weight is 278 g/mol. The summed E-state index contributed by atoms with van der Waals surface area (Å²) in [6.45, 7) is 3.84. The summed E-state index contributed by atoms with van der Waals surface area (Å²) in [7, 11) is 1.84. The molecule has 2 aromatic heterocycles. The van der Waals surface area contributed by atoms with E-state index in [9.17, 15) is 0 Å². The first-order valence-corrected chi connectivity index (χ1v) is 7.37. The standard InChI is InChI=1S/C13H18N4OS/c1-13(4-6-18-7-5-13)17-10-9-3-8-19-11(9)16-12(14-2)15-10/h3,8H,4-7H2,1-2H3,(H2,14,15,16,17). The highest BCUT2D eigenvalue weighted by atomic mass is 32.1. The smallest absolute Gasteiger partial charge is 0.225 e. The first-order valence-electron chi connectivity index (χ1n) is 6.49. The van der Waals surface area contributed by atoms with Crippen molar-refractivity contribution in [1.29, 1.82) is 0 Å². The van der Waals surface area contributed by atoms with Gasteiger partial charge in [-0.1, -0.05) is 0 Å². The van der Waals surface area contributed by atoms with Gasteiger partial charge >= 0.3 is 0 Å². The van der Waals surface area contributed by atoms with Crippen molar-refractivity contribution in [3.8, 4) is 0 Å². The summed E-state index contributed by atoms with van der Waals surface area (Å²) >= 11 is 1.64. The van der Waals surface area contributed by atoms with Crippen molar-refractivity contribution in [2.45, 2.75) is 25.3 Å². The number of nitrogens with one attached hydrogen (secondary N) is 2. The lowest BCUT2D eigenvalue weighted by Gasteiger charge is -2.35. The summed E-state index contributed by atoms with van der Waals surface area (Å²) in [4.78, 5) is 10.0. The van der Waals surface area contributed by atoms with Crippen LogP contribution in [-0.4, -0.2) is 35.8 Å². The summed E-state index contributed by atoms with van der Waals surface area (Å²) in [6.07, 6.45) is 2.00. The predicted octanol–water partition coefficient (Wildman–Crippen LogP) is 2.71. The number of rotatable bonds is 3. The van der Waals surface area contributed by atoms with Crippen LogP contribution >= 0.6 is 11.3 Å². The van der Waals surface area contributed by atoms with Crippen LogP contribution < -0.4 is 10.6 Å². The molecular formula is C13H18N4OS. The third-order valence-electron chi connectivity index (χ3n) is 3.57. The van der Waals surface area contributed by atoms with Gasteiger partial charge in [0.2, 0.25) is 5.95 Å². The maximum Gasteiger partial charge on any atom is 0.225 e. The van der Waals surface area contributed by atoms with Crippen molar-refractivity contribution in [1.82, 2.24) is 9.97 Å². The van der Waals surface area contributed by atoms with Gasteiger partial charge in [-0.25, -0.2) is 4.98 Å². The van der Waals surface area contributed by atoms with Crippen molar-refractivity contribution < 1.29 is 4.74 Å². The Bertz CT molecular complexity index is 577. The van der Waals surface area contributed by atoms with Crippen LogP contribution in [0.15, 0.2) is 11.4 Å². The molecule has 0 amide bonds. The van der Waals surface area contributed by atoms with Gasteiger partial charge in [0.1, 0.15) is 10.6 Å². The van der Waals surface area contributed by atoms with Crippen LogP contribution in [0.25, 0.3) is 10.2 Å². The zero-order valence-electron chi connectivity index (χ0n) is 11.2. The number of aromatic nitrogens is 2. The highest BCUT2D eigenvalue weighted by Gasteiger charge is 2.28. The lowest BCUT2D eigenvalue weighted by molar-refractivity contribution is 0.0657. The number of fused-ring (bicyclic) bond motifs is 1. The minimum atomic E-state index is 0.0481. The molecule has 0 bridgehead atoms. The molecule has 0 spiro atoms. The number of hydrogen-bond acceptors (Lipinski definition) is 6. The lowest BCUT2D eigenvalue weighted by atomic mass is 9.92. The highest BCUT2D eigenvalue weighted by Crippen LogP contribution is 2.31. The highest BCUT2D eigenvalue weighted by molar-refractivity contribution is 7.16. The first-order chi connectivity index (χ1) is 9.20. The van der Waals surface area contributed by atoms with Crippen molar-refractivity contribution in [3.05, 3.63) is 11.4 Å². The van der Waals surface area contributed by atoms with Crippen LogP contribution in [0, 0.1) is 0 Å².